The Kier molecular flexibility index (Phi) is 18.6. The summed E-state index contributed by atoms with van der Waals surface area (Å²) in [7, 11) is 4.11. The maximum Gasteiger partial charge on any atom is -0.00533 e. The van der Waals surface area contributed by atoms with Crippen LogP contribution in [0.15, 0.2) is 36.4 Å². The van der Waals surface area contributed by atoms with Crippen molar-refractivity contribution in [2.45, 2.75) is 42.0 Å². The normalized spacial score (nSPS) is 9.90. The van der Waals surface area contributed by atoms with Crippen LogP contribution in [0.5, 0.6) is 0 Å². The smallest absolute Gasteiger partial charge is 0.00533 e. The Bertz CT molecular complexity index is 345. The summed E-state index contributed by atoms with van der Waals surface area (Å²) in [5, 5.41) is 0. The van der Waals surface area contributed by atoms with E-state index in [1.54, 1.807) is 0 Å². The summed E-state index contributed by atoms with van der Waals surface area (Å²) in [6.07, 6.45) is 9.57. The molecule has 0 N–H and O–H groups in total. The molecule has 0 amide bonds. The largest absolute Gasteiger partial charge is 0.310 e. The highest BCUT2D eigenvalue weighted by molar-refractivity contribution is 5.55. The lowest BCUT2D eigenvalue weighted by Gasteiger charge is -2.00. The molecular weight excluding hydrogens is 242 g/mol. The number of rotatable bonds is 4. The SMILES string of the molecule is C.C.C/C=C/c1ccc(/C=C/CC)cc1.CCN(C)C. The summed E-state index contributed by atoms with van der Waals surface area (Å²) < 4.78 is 0. The first-order valence-electron chi connectivity index (χ1n) is 6.68. The van der Waals surface area contributed by atoms with Gasteiger partial charge in [0.15, 0.2) is 0 Å². The fraction of sp³-hybridized carbons (Fsp3) is 0.474. The lowest BCUT2D eigenvalue weighted by molar-refractivity contribution is 0.434. The Hall–Kier alpha value is -1.34. The Morgan fingerprint density at radius 2 is 1.30 bits per heavy atom. The van der Waals surface area contributed by atoms with Gasteiger partial charge in [0, 0.05) is 0 Å². The molecule has 0 aromatic heterocycles. The molecule has 0 saturated heterocycles. The second-order valence-electron chi connectivity index (χ2n) is 4.37. The standard InChI is InChI=1S/C13H16.C4H11N.2CH4/c1-3-5-7-13-10-8-12(6-4-2)9-11-13;1-4-5(2)3;;/h4-11H,3H2,1-2H3;4H2,1-3H3;2*1H4/b6-4+,7-5+;;;. The predicted octanol–water partition coefficient (Wildman–Crippen LogP) is 5.98. The van der Waals surface area contributed by atoms with E-state index in [2.05, 4.69) is 81.4 Å². The molecule has 0 unspecified atom stereocenters. The Balaban J connectivity index is -0.000000361. The van der Waals surface area contributed by atoms with Crippen LogP contribution in [0, 0.1) is 0 Å². The van der Waals surface area contributed by atoms with Gasteiger partial charge in [-0.05, 0) is 45.1 Å². The van der Waals surface area contributed by atoms with E-state index in [1.165, 1.54) is 11.1 Å². The quantitative estimate of drug-likeness (QED) is 0.654. The molecule has 0 atom stereocenters. The zero-order chi connectivity index (χ0) is 13.8. The second kappa shape index (κ2) is 15.7. The van der Waals surface area contributed by atoms with Crippen LogP contribution in [-0.4, -0.2) is 25.5 Å². The molecule has 0 fully saturated rings. The summed E-state index contributed by atoms with van der Waals surface area (Å²) in [5.74, 6) is 0. The van der Waals surface area contributed by atoms with Gasteiger partial charge in [-0.2, -0.15) is 0 Å². The summed E-state index contributed by atoms with van der Waals surface area (Å²) in [4.78, 5) is 2.12. The molecule has 116 valence electrons. The third kappa shape index (κ3) is 13.1. The molecule has 0 saturated carbocycles. The van der Waals surface area contributed by atoms with Gasteiger partial charge in [0.1, 0.15) is 0 Å². The first-order chi connectivity index (χ1) is 8.63. The third-order valence-electron chi connectivity index (χ3n) is 2.47. The van der Waals surface area contributed by atoms with Gasteiger partial charge in [-0.15, -0.1) is 0 Å². The van der Waals surface area contributed by atoms with Crippen LogP contribution >= 0.6 is 0 Å². The maximum atomic E-state index is 2.17. The fourth-order valence-electron chi connectivity index (χ4n) is 1.16. The Labute approximate surface area is 128 Å². The van der Waals surface area contributed by atoms with Crippen molar-refractivity contribution < 1.29 is 0 Å². The summed E-state index contributed by atoms with van der Waals surface area (Å²) in [5.41, 5.74) is 2.53. The highest BCUT2D eigenvalue weighted by Gasteiger charge is 1.86. The van der Waals surface area contributed by atoms with Gasteiger partial charge in [-0.25, -0.2) is 0 Å². The maximum absolute atomic E-state index is 2.17. The van der Waals surface area contributed by atoms with Gasteiger partial charge in [-0.3, -0.25) is 0 Å². The highest BCUT2D eigenvalue weighted by Crippen LogP contribution is 2.07. The average Bonchev–Trinajstić information content (AvgIpc) is 2.39. The summed E-state index contributed by atoms with van der Waals surface area (Å²) in [6, 6.07) is 8.55. The molecule has 1 heteroatoms. The monoisotopic (exact) mass is 277 g/mol. The molecule has 0 radical (unpaired) electrons. The van der Waals surface area contributed by atoms with Crippen molar-refractivity contribution in [1.82, 2.24) is 4.90 Å². The van der Waals surface area contributed by atoms with E-state index in [-0.39, 0.29) is 14.9 Å². The van der Waals surface area contributed by atoms with E-state index in [1.807, 2.05) is 6.92 Å². The molecule has 1 nitrogen and oxygen atoms in total. The zero-order valence-electron chi connectivity index (χ0n) is 12.5. The van der Waals surface area contributed by atoms with Crippen LogP contribution in [0.1, 0.15) is 53.2 Å². The average molecular weight is 277 g/mol. The van der Waals surface area contributed by atoms with Crippen molar-refractivity contribution in [2.75, 3.05) is 20.6 Å². The molecule has 1 aromatic carbocycles. The molecule has 0 heterocycles. The minimum Gasteiger partial charge on any atom is -0.310 e. The number of hydrogen-bond acceptors (Lipinski definition) is 1. The van der Waals surface area contributed by atoms with Crippen molar-refractivity contribution >= 4 is 12.2 Å². The zero-order valence-corrected chi connectivity index (χ0v) is 12.5. The number of benzene rings is 1. The number of hydrogen-bond donors (Lipinski definition) is 0. The first kappa shape index (κ1) is 23.7. The molecule has 20 heavy (non-hydrogen) atoms. The van der Waals surface area contributed by atoms with Crippen molar-refractivity contribution in [1.29, 1.82) is 0 Å². The van der Waals surface area contributed by atoms with Gasteiger partial charge in [0.2, 0.25) is 0 Å². The minimum atomic E-state index is 0. The van der Waals surface area contributed by atoms with E-state index in [9.17, 15) is 0 Å². The summed E-state index contributed by atoms with van der Waals surface area (Å²) >= 11 is 0. The van der Waals surface area contributed by atoms with Crippen molar-refractivity contribution in [3.63, 3.8) is 0 Å². The van der Waals surface area contributed by atoms with Crippen molar-refractivity contribution in [3.8, 4) is 0 Å². The molecule has 0 aliphatic rings. The topological polar surface area (TPSA) is 3.24 Å². The molecule has 0 aliphatic carbocycles. The van der Waals surface area contributed by atoms with E-state index in [0.717, 1.165) is 13.0 Å². The molecule has 1 aromatic rings. The minimum absolute atomic E-state index is 0. The second-order valence-corrected chi connectivity index (χ2v) is 4.37. The Morgan fingerprint density at radius 3 is 1.60 bits per heavy atom. The van der Waals surface area contributed by atoms with Crippen LogP contribution < -0.4 is 0 Å². The lowest BCUT2D eigenvalue weighted by atomic mass is 10.1. The Morgan fingerprint density at radius 1 is 0.900 bits per heavy atom. The molecule has 0 bridgehead atoms. The van der Waals surface area contributed by atoms with Crippen LogP contribution in [0.25, 0.3) is 12.2 Å². The number of nitrogens with zero attached hydrogens (tertiary/aromatic N) is 1. The van der Waals surface area contributed by atoms with E-state index in [0.29, 0.717) is 0 Å². The van der Waals surface area contributed by atoms with Crippen LogP contribution in [0.2, 0.25) is 0 Å². The first-order valence-corrected chi connectivity index (χ1v) is 6.68. The molecular formula is C19H35N. The van der Waals surface area contributed by atoms with Crippen molar-refractivity contribution in [3.05, 3.63) is 47.5 Å². The van der Waals surface area contributed by atoms with Gasteiger partial charge in [0.25, 0.3) is 0 Å². The van der Waals surface area contributed by atoms with E-state index < -0.39 is 0 Å². The molecule has 1 rings (SSSR count). The predicted molar refractivity (Wildman–Crippen MR) is 98.2 cm³/mol. The van der Waals surface area contributed by atoms with Crippen LogP contribution in [-0.2, 0) is 0 Å². The number of allylic oxidation sites excluding steroid dienone is 2. The third-order valence-corrected chi connectivity index (χ3v) is 2.47. The van der Waals surface area contributed by atoms with Gasteiger partial charge < -0.3 is 4.90 Å². The van der Waals surface area contributed by atoms with Crippen LogP contribution in [0.4, 0.5) is 0 Å². The van der Waals surface area contributed by atoms with E-state index in [4.69, 9.17) is 0 Å². The summed E-state index contributed by atoms with van der Waals surface area (Å²) in [6.45, 7) is 7.44. The van der Waals surface area contributed by atoms with Gasteiger partial charge >= 0.3 is 0 Å². The van der Waals surface area contributed by atoms with Crippen LogP contribution in [0.3, 0.4) is 0 Å². The van der Waals surface area contributed by atoms with Gasteiger partial charge in [0.05, 0.1) is 0 Å². The highest BCUT2D eigenvalue weighted by atomic mass is 15.0. The lowest BCUT2D eigenvalue weighted by Crippen LogP contribution is -2.08. The molecule has 0 spiro atoms. The van der Waals surface area contributed by atoms with Gasteiger partial charge in [-0.1, -0.05) is 77.3 Å². The van der Waals surface area contributed by atoms with Crippen molar-refractivity contribution in [2.24, 2.45) is 0 Å². The molecule has 0 aliphatic heterocycles. The fourth-order valence-corrected chi connectivity index (χ4v) is 1.16. The van der Waals surface area contributed by atoms with E-state index >= 15 is 0 Å².